The van der Waals surface area contributed by atoms with Crippen molar-refractivity contribution in [1.82, 2.24) is 0 Å². The Bertz CT molecular complexity index is 559. The van der Waals surface area contributed by atoms with Crippen LogP contribution < -0.4 is 0 Å². The molecule has 0 saturated carbocycles. The van der Waals surface area contributed by atoms with Gasteiger partial charge in [-0.15, -0.1) is 0 Å². The SMILES string of the molecule is CCc1ccc(/C=C/C(=O)c2ccc(C)o2)cc1. The second kappa shape index (κ2) is 5.50. The third-order valence-electron chi connectivity index (χ3n) is 2.80. The Morgan fingerprint density at radius 2 is 1.89 bits per heavy atom. The van der Waals surface area contributed by atoms with Crippen molar-refractivity contribution in [3.63, 3.8) is 0 Å². The maximum atomic E-state index is 11.8. The number of rotatable bonds is 4. The molecule has 0 saturated heterocycles. The Hall–Kier alpha value is -2.09. The van der Waals surface area contributed by atoms with Gasteiger partial charge in [-0.25, -0.2) is 0 Å². The van der Waals surface area contributed by atoms with Gasteiger partial charge in [0.15, 0.2) is 5.76 Å². The van der Waals surface area contributed by atoms with Crippen molar-refractivity contribution < 1.29 is 9.21 Å². The summed E-state index contributed by atoms with van der Waals surface area (Å²) in [7, 11) is 0. The van der Waals surface area contributed by atoms with Gasteiger partial charge in [0.05, 0.1) is 0 Å². The Labute approximate surface area is 107 Å². The molecule has 0 aliphatic carbocycles. The van der Waals surface area contributed by atoms with Crippen LogP contribution in [0.1, 0.15) is 34.4 Å². The predicted octanol–water partition coefficient (Wildman–Crippen LogP) is 4.05. The molecule has 0 amide bonds. The molecule has 0 bridgehead atoms. The normalized spacial score (nSPS) is 11.0. The highest BCUT2D eigenvalue weighted by Gasteiger charge is 2.05. The van der Waals surface area contributed by atoms with Gasteiger partial charge in [-0.3, -0.25) is 4.79 Å². The third kappa shape index (κ3) is 2.98. The molecule has 2 aromatic rings. The molecule has 2 heteroatoms. The molecule has 1 heterocycles. The first-order valence-electron chi connectivity index (χ1n) is 6.07. The minimum absolute atomic E-state index is 0.109. The molecule has 2 nitrogen and oxygen atoms in total. The fourth-order valence-corrected chi connectivity index (χ4v) is 1.69. The highest BCUT2D eigenvalue weighted by molar-refractivity contribution is 6.04. The highest BCUT2D eigenvalue weighted by Crippen LogP contribution is 2.10. The van der Waals surface area contributed by atoms with Gasteiger partial charge in [0.25, 0.3) is 0 Å². The van der Waals surface area contributed by atoms with Crippen LogP contribution in [0.2, 0.25) is 0 Å². The van der Waals surface area contributed by atoms with E-state index in [0.29, 0.717) is 5.76 Å². The maximum absolute atomic E-state index is 11.8. The lowest BCUT2D eigenvalue weighted by Crippen LogP contribution is -1.90. The Morgan fingerprint density at radius 1 is 1.17 bits per heavy atom. The van der Waals surface area contributed by atoms with E-state index in [-0.39, 0.29) is 5.78 Å². The number of carbonyl (C=O) groups excluding carboxylic acids is 1. The van der Waals surface area contributed by atoms with Gasteiger partial charge in [0.2, 0.25) is 5.78 Å². The van der Waals surface area contributed by atoms with Crippen LogP contribution in [0.4, 0.5) is 0 Å². The summed E-state index contributed by atoms with van der Waals surface area (Å²) in [5, 5.41) is 0. The fraction of sp³-hybridized carbons (Fsp3) is 0.188. The summed E-state index contributed by atoms with van der Waals surface area (Å²) in [4.78, 5) is 11.8. The first kappa shape index (κ1) is 12.4. The smallest absolute Gasteiger partial charge is 0.221 e. The number of hydrogen-bond acceptors (Lipinski definition) is 2. The van der Waals surface area contributed by atoms with Gasteiger partial charge < -0.3 is 4.42 Å². The Kier molecular flexibility index (Phi) is 3.78. The van der Waals surface area contributed by atoms with Crippen LogP contribution in [0.25, 0.3) is 6.08 Å². The summed E-state index contributed by atoms with van der Waals surface area (Å²) in [5.74, 6) is 1.02. The summed E-state index contributed by atoms with van der Waals surface area (Å²) >= 11 is 0. The van der Waals surface area contributed by atoms with Gasteiger partial charge in [-0.05, 0) is 42.7 Å². The lowest BCUT2D eigenvalue weighted by molar-refractivity contribution is 0.102. The average Bonchev–Trinajstić information content (AvgIpc) is 2.83. The molecule has 0 spiro atoms. The summed E-state index contributed by atoms with van der Waals surface area (Å²) in [6.07, 6.45) is 4.37. The fourth-order valence-electron chi connectivity index (χ4n) is 1.69. The van der Waals surface area contributed by atoms with E-state index in [2.05, 4.69) is 19.1 Å². The standard InChI is InChI=1S/C16H16O2/c1-3-13-5-7-14(8-6-13)9-10-15(17)16-11-4-12(2)18-16/h4-11H,3H2,1-2H3/b10-9+. The predicted molar refractivity (Wildman–Crippen MR) is 72.6 cm³/mol. The topological polar surface area (TPSA) is 30.2 Å². The van der Waals surface area contributed by atoms with Crippen LogP contribution in [-0.2, 0) is 6.42 Å². The van der Waals surface area contributed by atoms with Crippen molar-refractivity contribution in [3.05, 3.63) is 65.1 Å². The average molecular weight is 240 g/mol. The van der Waals surface area contributed by atoms with E-state index < -0.39 is 0 Å². The van der Waals surface area contributed by atoms with E-state index in [9.17, 15) is 4.79 Å². The first-order valence-corrected chi connectivity index (χ1v) is 6.07. The zero-order valence-corrected chi connectivity index (χ0v) is 10.6. The second-order valence-electron chi connectivity index (χ2n) is 4.20. The van der Waals surface area contributed by atoms with Crippen LogP contribution in [0.3, 0.4) is 0 Å². The van der Waals surface area contributed by atoms with Crippen LogP contribution in [0.15, 0.2) is 46.9 Å². The Balaban J connectivity index is 2.08. The van der Waals surface area contributed by atoms with Crippen molar-refractivity contribution >= 4 is 11.9 Å². The number of furan rings is 1. The van der Waals surface area contributed by atoms with E-state index in [1.165, 1.54) is 5.56 Å². The van der Waals surface area contributed by atoms with E-state index in [0.717, 1.165) is 17.7 Å². The molecule has 2 rings (SSSR count). The van der Waals surface area contributed by atoms with Gasteiger partial charge in [0.1, 0.15) is 5.76 Å². The van der Waals surface area contributed by atoms with Gasteiger partial charge in [-0.1, -0.05) is 37.3 Å². The van der Waals surface area contributed by atoms with Crippen molar-refractivity contribution in [2.45, 2.75) is 20.3 Å². The van der Waals surface area contributed by atoms with Gasteiger partial charge >= 0.3 is 0 Å². The highest BCUT2D eigenvalue weighted by atomic mass is 16.3. The molecule has 0 N–H and O–H groups in total. The minimum atomic E-state index is -0.109. The molecule has 0 radical (unpaired) electrons. The number of ketones is 1. The van der Waals surface area contributed by atoms with Crippen LogP contribution in [-0.4, -0.2) is 5.78 Å². The summed E-state index contributed by atoms with van der Waals surface area (Å²) in [5.41, 5.74) is 2.31. The Morgan fingerprint density at radius 3 is 2.44 bits per heavy atom. The van der Waals surface area contributed by atoms with Crippen LogP contribution in [0, 0.1) is 6.92 Å². The minimum Gasteiger partial charge on any atom is -0.458 e. The number of aryl methyl sites for hydroxylation is 2. The maximum Gasteiger partial charge on any atom is 0.221 e. The molecule has 1 aromatic carbocycles. The number of allylic oxidation sites excluding steroid dienone is 1. The van der Waals surface area contributed by atoms with E-state index >= 15 is 0 Å². The molecule has 0 unspecified atom stereocenters. The number of benzene rings is 1. The summed E-state index contributed by atoms with van der Waals surface area (Å²) in [6, 6.07) is 11.6. The van der Waals surface area contributed by atoms with E-state index in [4.69, 9.17) is 4.42 Å². The van der Waals surface area contributed by atoms with Crippen molar-refractivity contribution in [2.24, 2.45) is 0 Å². The molecular formula is C16H16O2. The molecule has 0 aliphatic heterocycles. The number of hydrogen-bond donors (Lipinski definition) is 0. The zero-order valence-electron chi connectivity index (χ0n) is 10.6. The molecule has 92 valence electrons. The quantitative estimate of drug-likeness (QED) is 0.596. The molecule has 0 atom stereocenters. The molecular weight excluding hydrogens is 224 g/mol. The lowest BCUT2D eigenvalue weighted by Gasteiger charge is -1.96. The van der Waals surface area contributed by atoms with Crippen molar-refractivity contribution in [2.75, 3.05) is 0 Å². The van der Waals surface area contributed by atoms with E-state index in [1.54, 1.807) is 24.3 Å². The summed E-state index contributed by atoms with van der Waals surface area (Å²) < 4.78 is 5.27. The van der Waals surface area contributed by atoms with Crippen LogP contribution >= 0.6 is 0 Å². The molecule has 18 heavy (non-hydrogen) atoms. The first-order chi connectivity index (χ1) is 8.69. The molecule has 0 fully saturated rings. The van der Waals surface area contributed by atoms with Crippen LogP contribution in [0.5, 0.6) is 0 Å². The monoisotopic (exact) mass is 240 g/mol. The second-order valence-corrected chi connectivity index (χ2v) is 4.20. The molecule has 1 aromatic heterocycles. The van der Waals surface area contributed by atoms with E-state index in [1.807, 2.05) is 19.1 Å². The zero-order chi connectivity index (χ0) is 13.0. The third-order valence-corrected chi connectivity index (χ3v) is 2.80. The van der Waals surface area contributed by atoms with Crippen molar-refractivity contribution in [3.8, 4) is 0 Å². The lowest BCUT2D eigenvalue weighted by atomic mass is 10.1. The van der Waals surface area contributed by atoms with Gasteiger partial charge in [-0.2, -0.15) is 0 Å². The van der Waals surface area contributed by atoms with Gasteiger partial charge in [0, 0.05) is 0 Å². The molecule has 0 aliphatic rings. The largest absolute Gasteiger partial charge is 0.458 e. The van der Waals surface area contributed by atoms with Crippen molar-refractivity contribution in [1.29, 1.82) is 0 Å². The number of carbonyl (C=O) groups is 1. The summed E-state index contributed by atoms with van der Waals surface area (Å²) in [6.45, 7) is 3.94.